The number of rotatable bonds is 5. The highest BCUT2D eigenvalue weighted by molar-refractivity contribution is 14.0. The molecule has 0 spiro atoms. The van der Waals surface area contributed by atoms with Gasteiger partial charge in [-0.25, -0.2) is 4.99 Å². The van der Waals surface area contributed by atoms with Crippen LogP contribution >= 0.6 is 35.3 Å². The molecule has 0 bridgehead atoms. The Bertz CT molecular complexity index is 394. The molecule has 1 atom stereocenters. The molecule has 6 heteroatoms. The summed E-state index contributed by atoms with van der Waals surface area (Å²) in [4.78, 5) is 8.36. The van der Waals surface area contributed by atoms with Crippen LogP contribution in [0, 0.1) is 0 Å². The first-order valence-corrected chi connectivity index (χ1v) is 7.92. The lowest BCUT2D eigenvalue weighted by atomic mass is 10.2. The molecular formula is C14H25IN4S. The van der Waals surface area contributed by atoms with Gasteiger partial charge in [0.2, 0.25) is 0 Å². The van der Waals surface area contributed by atoms with Crippen LogP contribution in [0.4, 0.5) is 0 Å². The van der Waals surface area contributed by atoms with Gasteiger partial charge in [0.1, 0.15) is 0 Å². The number of halogens is 1. The van der Waals surface area contributed by atoms with Crippen LogP contribution in [0.2, 0.25) is 0 Å². The predicted octanol–water partition coefficient (Wildman–Crippen LogP) is 2.52. The smallest absolute Gasteiger partial charge is 0.191 e. The van der Waals surface area contributed by atoms with Crippen molar-refractivity contribution in [2.75, 3.05) is 26.7 Å². The number of nitrogens with zero attached hydrogens (tertiary/aromatic N) is 2. The van der Waals surface area contributed by atoms with E-state index in [4.69, 9.17) is 0 Å². The molecule has 1 fully saturated rings. The minimum atomic E-state index is 0. The molecule has 1 saturated heterocycles. The molecular weight excluding hydrogens is 383 g/mol. The summed E-state index contributed by atoms with van der Waals surface area (Å²) in [6.45, 7) is 5.95. The van der Waals surface area contributed by atoms with Crippen molar-refractivity contribution in [2.45, 2.75) is 32.4 Å². The molecule has 1 aromatic rings. The molecule has 4 nitrogen and oxygen atoms in total. The Morgan fingerprint density at radius 2 is 2.35 bits per heavy atom. The van der Waals surface area contributed by atoms with Crippen molar-refractivity contribution in [3.63, 3.8) is 0 Å². The van der Waals surface area contributed by atoms with E-state index in [1.54, 1.807) is 11.3 Å². The van der Waals surface area contributed by atoms with Crippen molar-refractivity contribution in [3.8, 4) is 0 Å². The van der Waals surface area contributed by atoms with E-state index >= 15 is 0 Å². The van der Waals surface area contributed by atoms with Gasteiger partial charge in [-0.15, -0.1) is 35.3 Å². The van der Waals surface area contributed by atoms with E-state index < -0.39 is 0 Å². The number of likely N-dealkylation sites (N-methyl/N-ethyl adjacent to an activating group) is 1. The fraction of sp³-hybridized carbons (Fsp3) is 0.643. The molecule has 1 aliphatic rings. The maximum atomic E-state index is 4.63. The molecule has 1 unspecified atom stereocenters. The van der Waals surface area contributed by atoms with Gasteiger partial charge in [-0.2, -0.15) is 0 Å². The predicted molar refractivity (Wildman–Crippen MR) is 98.2 cm³/mol. The second-order valence-electron chi connectivity index (χ2n) is 4.93. The molecule has 1 aliphatic heterocycles. The Hall–Kier alpha value is -0.340. The third-order valence-corrected chi connectivity index (χ3v) is 4.36. The average molecular weight is 408 g/mol. The zero-order chi connectivity index (χ0) is 13.5. The number of aliphatic imine (C=N–C) groups is 1. The largest absolute Gasteiger partial charge is 0.357 e. The number of likely N-dealkylation sites (tertiary alicyclic amines) is 1. The highest BCUT2D eigenvalue weighted by Gasteiger charge is 2.20. The topological polar surface area (TPSA) is 39.7 Å². The van der Waals surface area contributed by atoms with E-state index in [0.29, 0.717) is 6.04 Å². The van der Waals surface area contributed by atoms with Gasteiger partial charge in [0.15, 0.2) is 5.96 Å². The minimum absolute atomic E-state index is 0. The van der Waals surface area contributed by atoms with Crippen LogP contribution in [0.15, 0.2) is 22.5 Å². The zero-order valence-electron chi connectivity index (χ0n) is 12.3. The molecule has 0 aliphatic carbocycles. The first-order valence-electron chi connectivity index (χ1n) is 7.04. The van der Waals surface area contributed by atoms with Gasteiger partial charge in [-0.3, -0.25) is 0 Å². The summed E-state index contributed by atoms with van der Waals surface area (Å²) in [5.41, 5.74) is 0. The van der Waals surface area contributed by atoms with E-state index in [-0.39, 0.29) is 24.0 Å². The van der Waals surface area contributed by atoms with Gasteiger partial charge in [-0.1, -0.05) is 6.07 Å². The second-order valence-corrected chi connectivity index (χ2v) is 5.96. The normalized spacial score (nSPS) is 19.7. The standard InChI is InChI=1S/C14H24N4S.HI/c1-3-15-14(17-11-13-7-5-9-19-13)16-10-12-6-4-8-18(12)2;/h5,7,9,12H,3-4,6,8,10-11H2,1-2H3,(H2,15,16,17);1H. The Morgan fingerprint density at radius 1 is 1.50 bits per heavy atom. The quantitative estimate of drug-likeness (QED) is 0.447. The summed E-state index contributed by atoms with van der Waals surface area (Å²) in [5, 5.41) is 8.86. The third kappa shape index (κ3) is 5.57. The van der Waals surface area contributed by atoms with Gasteiger partial charge in [0, 0.05) is 24.0 Å². The number of thiophene rings is 1. The van der Waals surface area contributed by atoms with Gasteiger partial charge in [0.25, 0.3) is 0 Å². The first-order chi connectivity index (χ1) is 9.29. The van der Waals surface area contributed by atoms with Crippen LogP contribution in [0.5, 0.6) is 0 Å². The van der Waals surface area contributed by atoms with Crippen molar-refractivity contribution in [2.24, 2.45) is 4.99 Å². The molecule has 0 radical (unpaired) electrons. The Balaban J connectivity index is 0.00000200. The van der Waals surface area contributed by atoms with Crippen molar-refractivity contribution in [1.29, 1.82) is 0 Å². The first kappa shape index (κ1) is 17.7. The van der Waals surface area contributed by atoms with E-state index in [2.05, 4.69) is 52.0 Å². The number of nitrogens with one attached hydrogen (secondary N) is 2. The van der Waals surface area contributed by atoms with Crippen LogP contribution in [0.3, 0.4) is 0 Å². The van der Waals surface area contributed by atoms with Crippen molar-refractivity contribution in [3.05, 3.63) is 22.4 Å². The van der Waals surface area contributed by atoms with Crippen LogP contribution in [0.1, 0.15) is 24.6 Å². The average Bonchev–Trinajstić information content (AvgIpc) is 3.04. The van der Waals surface area contributed by atoms with Crippen LogP contribution in [-0.4, -0.2) is 43.6 Å². The highest BCUT2D eigenvalue weighted by Crippen LogP contribution is 2.13. The maximum Gasteiger partial charge on any atom is 0.191 e. The molecule has 2 rings (SSSR count). The van der Waals surface area contributed by atoms with Crippen LogP contribution in [-0.2, 0) is 6.54 Å². The summed E-state index contributed by atoms with van der Waals surface area (Å²) in [5.74, 6) is 0.927. The molecule has 2 N–H and O–H groups in total. The van der Waals surface area contributed by atoms with E-state index in [0.717, 1.165) is 25.6 Å². The molecule has 114 valence electrons. The molecule has 1 aromatic heterocycles. The Morgan fingerprint density at radius 3 is 2.95 bits per heavy atom. The summed E-state index contributed by atoms with van der Waals surface area (Å²) in [6.07, 6.45) is 2.60. The van der Waals surface area contributed by atoms with Crippen LogP contribution < -0.4 is 10.6 Å². The van der Waals surface area contributed by atoms with Gasteiger partial charge >= 0.3 is 0 Å². The molecule has 20 heavy (non-hydrogen) atoms. The van der Waals surface area contributed by atoms with Gasteiger partial charge in [-0.05, 0) is 44.8 Å². The monoisotopic (exact) mass is 408 g/mol. The van der Waals surface area contributed by atoms with Crippen molar-refractivity contribution < 1.29 is 0 Å². The Kier molecular flexibility index (Phi) is 8.47. The zero-order valence-corrected chi connectivity index (χ0v) is 15.4. The van der Waals surface area contributed by atoms with E-state index in [9.17, 15) is 0 Å². The molecule has 0 amide bonds. The third-order valence-electron chi connectivity index (χ3n) is 3.49. The number of hydrogen-bond acceptors (Lipinski definition) is 3. The highest BCUT2D eigenvalue weighted by atomic mass is 127. The van der Waals surface area contributed by atoms with E-state index in [1.807, 2.05) is 0 Å². The lowest BCUT2D eigenvalue weighted by Gasteiger charge is -2.21. The summed E-state index contributed by atoms with van der Waals surface area (Å²) >= 11 is 1.76. The van der Waals surface area contributed by atoms with Crippen molar-refractivity contribution in [1.82, 2.24) is 15.5 Å². The second kappa shape index (κ2) is 9.57. The number of hydrogen-bond donors (Lipinski definition) is 2. The van der Waals surface area contributed by atoms with Gasteiger partial charge < -0.3 is 15.5 Å². The minimum Gasteiger partial charge on any atom is -0.357 e. The van der Waals surface area contributed by atoms with E-state index in [1.165, 1.54) is 24.3 Å². The molecule has 0 aromatic carbocycles. The Labute approximate surface area is 143 Å². The summed E-state index contributed by atoms with van der Waals surface area (Å²) in [6, 6.07) is 4.84. The summed E-state index contributed by atoms with van der Waals surface area (Å²) in [7, 11) is 2.20. The fourth-order valence-corrected chi connectivity index (χ4v) is 2.98. The summed E-state index contributed by atoms with van der Waals surface area (Å²) < 4.78 is 0. The molecule has 0 saturated carbocycles. The van der Waals surface area contributed by atoms with Crippen LogP contribution in [0.25, 0.3) is 0 Å². The lowest BCUT2D eigenvalue weighted by Crippen LogP contribution is -2.43. The molecule has 2 heterocycles. The number of guanidine groups is 1. The SMILES string of the molecule is CCNC(=NCc1cccs1)NCC1CCCN1C.I. The fourth-order valence-electron chi connectivity index (χ4n) is 2.35. The van der Waals surface area contributed by atoms with Gasteiger partial charge in [0.05, 0.1) is 6.54 Å². The maximum absolute atomic E-state index is 4.63. The van der Waals surface area contributed by atoms with Crippen molar-refractivity contribution >= 4 is 41.3 Å². The lowest BCUT2D eigenvalue weighted by molar-refractivity contribution is 0.309.